The number of amides is 1. The molecule has 0 spiro atoms. The van der Waals surface area contributed by atoms with Crippen LogP contribution in [0.25, 0.3) is 33.5 Å². The number of carbonyl (C=O) groups excluding carboxylic acids is 1. The summed E-state index contributed by atoms with van der Waals surface area (Å²) in [6.45, 7) is 11.3. The first-order chi connectivity index (χ1) is 17.7. The highest BCUT2D eigenvalue weighted by molar-refractivity contribution is 6.15. The molecule has 4 heterocycles. The van der Waals surface area contributed by atoms with Gasteiger partial charge in [0.1, 0.15) is 17.8 Å². The van der Waals surface area contributed by atoms with Crippen molar-refractivity contribution in [2.75, 3.05) is 5.32 Å². The maximum absolute atomic E-state index is 13.6. The molecule has 5 aromatic rings. The van der Waals surface area contributed by atoms with E-state index in [1.165, 1.54) is 0 Å². The Balaban J connectivity index is 1.50. The molecule has 9 heteroatoms. The van der Waals surface area contributed by atoms with E-state index in [4.69, 9.17) is 0 Å². The Bertz CT molecular complexity index is 1590. The Morgan fingerprint density at radius 3 is 2.62 bits per heavy atom. The van der Waals surface area contributed by atoms with E-state index in [-0.39, 0.29) is 11.9 Å². The normalized spacial score (nSPS) is 11.7. The molecule has 190 valence electrons. The Kier molecular flexibility index (Phi) is 6.37. The van der Waals surface area contributed by atoms with Crippen LogP contribution in [0.3, 0.4) is 0 Å². The smallest absolute Gasteiger partial charge is 0.259 e. The third-order valence-electron chi connectivity index (χ3n) is 6.58. The van der Waals surface area contributed by atoms with Gasteiger partial charge < -0.3 is 14.5 Å². The van der Waals surface area contributed by atoms with Gasteiger partial charge in [0.2, 0.25) is 0 Å². The molecular weight excluding hydrogens is 464 g/mol. The van der Waals surface area contributed by atoms with E-state index >= 15 is 0 Å². The summed E-state index contributed by atoms with van der Waals surface area (Å²) >= 11 is 0. The highest BCUT2D eigenvalue weighted by Gasteiger charge is 2.22. The largest absolute Gasteiger partial charge is 0.347 e. The zero-order valence-corrected chi connectivity index (χ0v) is 22.1. The predicted molar refractivity (Wildman–Crippen MR) is 145 cm³/mol. The Morgan fingerprint density at radius 1 is 1.08 bits per heavy atom. The molecule has 0 fully saturated rings. The number of rotatable bonds is 7. The van der Waals surface area contributed by atoms with Crippen LogP contribution in [-0.2, 0) is 13.6 Å². The zero-order valence-electron chi connectivity index (χ0n) is 22.1. The van der Waals surface area contributed by atoms with E-state index in [1.54, 1.807) is 12.4 Å². The van der Waals surface area contributed by atoms with Gasteiger partial charge in [-0.25, -0.2) is 4.98 Å². The number of nitrogens with zero attached hydrogens (tertiary/aromatic N) is 7. The maximum atomic E-state index is 13.6. The van der Waals surface area contributed by atoms with E-state index in [2.05, 4.69) is 70.1 Å². The number of pyridine rings is 1. The third kappa shape index (κ3) is 4.52. The quantitative estimate of drug-likeness (QED) is 0.321. The maximum Gasteiger partial charge on any atom is 0.259 e. The lowest BCUT2D eigenvalue weighted by Crippen LogP contribution is -2.14. The zero-order chi connectivity index (χ0) is 26.3. The summed E-state index contributed by atoms with van der Waals surface area (Å²) in [6.07, 6.45) is 5.66. The van der Waals surface area contributed by atoms with Crippen molar-refractivity contribution < 1.29 is 4.79 Å². The number of carbonyl (C=O) groups is 1. The van der Waals surface area contributed by atoms with Gasteiger partial charge >= 0.3 is 0 Å². The van der Waals surface area contributed by atoms with Crippen molar-refractivity contribution in [2.24, 2.45) is 13.0 Å². The van der Waals surface area contributed by atoms with Crippen molar-refractivity contribution in [2.45, 2.75) is 47.2 Å². The minimum absolute atomic E-state index is 0.190. The van der Waals surface area contributed by atoms with Crippen LogP contribution in [0.15, 0.2) is 55.1 Å². The number of fused-ring (bicyclic) bond motifs is 1. The summed E-state index contributed by atoms with van der Waals surface area (Å²) in [6, 6.07) is 11.8. The molecule has 9 nitrogen and oxygen atoms in total. The van der Waals surface area contributed by atoms with Crippen molar-refractivity contribution in [1.82, 2.24) is 34.1 Å². The summed E-state index contributed by atoms with van der Waals surface area (Å²) in [5.41, 5.74) is 5.24. The predicted octanol–water partition coefficient (Wildman–Crippen LogP) is 5.49. The van der Waals surface area contributed by atoms with E-state index in [0.29, 0.717) is 28.8 Å². The van der Waals surface area contributed by atoms with Crippen LogP contribution < -0.4 is 5.32 Å². The number of nitrogens with one attached hydrogen (secondary N) is 1. The molecular formula is C28H32N8O. The molecule has 0 aliphatic carbocycles. The minimum Gasteiger partial charge on any atom is -0.347 e. The number of para-hydroxylation sites is 1. The van der Waals surface area contributed by atoms with Crippen molar-refractivity contribution >= 4 is 22.6 Å². The molecule has 0 aliphatic rings. The molecule has 0 radical (unpaired) electrons. The first kappa shape index (κ1) is 24.4. The van der Waals surface area contributed by atoms with Gasteiger partial charge in [-0.3, -0.25) is 9.48 Å². The van der Waals surface area contributed by atoms with Gasteiger partial charge in [-0.15, -0.1) is 10.2 Å². The SMILES string of the molecule is Cc1c(C(=O)Nc2cccc(-c3nncn3C(C)C)n2)c2cccc(-c3cnn(CC(C)C)c3)c2n1C. The van der Waals surface area contributed by atoms with E-state index in [1.807, 2.05) is 53.7 Å². The molecule has 0 aliphatic heterocycles. The van der Waals surface area contributed by atoms with Crippen LogP contribution in [0, 0.1) is 12.8 Å². The number of hydrogen-bond acceptors (Lipinski definition) is 5. The van der Waals surface area contributed by atoms with Crippen LogP contribution in [0.4, 0.5) is 5.82 Å². The van der Waals surface area contributed by atoms with E-state index < -0.39 is 0 Å². The molecule has 0 unspecified atom stereocenters. The number of aromatic nitrogens is 7. The van der Waals surface area contributed by atoms with Crippen molar-refractivity contribution in [3.8, 4) is 22.6 Å². The standard InChI is InChI=1S/C28H32N8O/c1-17(2)14-35-15-20(13-30-35)21-9-7-10-22-25(19(5)34(6)26(21)22)28(37)32-24-12-8-11-23(31-24)27-33-29-16-36(27)18(3)4/h7-13,15-18H,14H2,1-6H3,(H,31,32,37). The Hall–Kier alpha value is -4.27. The van der Waals surface area contributed by atoms with Crippen LogP contribution in [-0.4, -0.2) is 40.0 Å². The number of aryl methyl sites for hydroxylation is 1. The fourth-order valence-corrected chi connectivity index (χ4v) is 4.74. The molecule has 0 saturated carbocycles. The van der Waals surface area contributed by atoms with Gasteiger partial charge in [0.15, 0.2) is 5.82 Å². The summed E-state index contributed by atoms with van der Waals surface area (Å²) in [7, 11) is 1.99. The minimum atomic E-state index is -0.203. The molecule has 0 bridgehead atoms. The monoisotopic (exact) mass is 496 g/mol. The van der Waals surface area contributed by atoms with Gasteiger partial charge in [0, 0.05) is 48.0 Å². The van der Waals surface area contributed by atoms with Gasteiger partial charge in [-0.05, 0) is 38.8 Å². The second-order valence-corrected chi connectivity index (χ2v) is 10.1. The van der Waals surface area contributed by atoms with Crippen molar-refractivity contribution in [1.29, 1.82) is 0 Å². The topological polar surface area (TPSA) is 95.5 Å². The summed E-state index contributed by atoms with van der Waals surface area (Å²) in [4.78, 5) is 18.3. The average Bonchev–Trinajstić information content (AvgIpc) is 3.58. The van der Waals surface area contributed by atoms with E-state index in [0.717, 1.165) is 34.3 Å². The van der Waals surface area contributed by atoms with Crippen LogP contribution >= 0.6 is 0 Å². The van der Waals surface area contributed by atoms with Gasteiger partial charge in [-0.1, -0.05) is 38.1 Å². The van der Waals surface area contributed by atoms with Crippen LogP contribution in [0.2, 0.25) is 0 Å². The Labute approximate surface area is 216 Å². The molecule has 0 saturated heterocycles. The van der Waals surface area contributed by atoms with Crippen LogP contribution in [0.1, 0.15) is 49.8 Å². The summed E-state index contributed by atoms with van der Waals surface area (Å²) in [5, 5.41) is 16.7. The highest BCUT2D eigenvalue weighted by atomic mass is 16.1. The molecule has 37 heavy (non-hydrogen) atoms. The van der Waals surface area contributed by atoms with Crippen molar-refractivity contribution in [3.63, 3.8) is 0 Å². The lowest BCUT2D eigenvalue weighted by atomic mass is 10.0. The van der Waals surface area contributed by atoms with Crippen molar-refractivity contribution in [3.05, 3.63) is 66.4 Å². The summed E-state index contributed by atoms with van der Waals surface area (Å²) < 4.78 is 6.00. The lowest BCUT2D eigenvalue weighted by Gasteiger charge is -2.11. The lowest BCUT2D eigenvalue weighted by molar-refractivity contribution is 0.102. The molecule has 1 amide bonds. The molecule has 1 N–H and O–H groups in total. The number of benzene rings is 1. The Morgan fingerprint density at radius 2 is 1.86 bits per heavy atom. The first-order valence-corrected chi connectivity index (χ1v) is 12.5. The summed E-state index contributed by atoms with van der Waals surface area (Å²) in [5.74, 6) is 1.43. The number of hydrogen-bond donors (Lipinski definition) is 1. The third-order valence-corrected chi connectivity index (χ3v) is 6.58. The molecule has 5 rings (SSSR count). The second-order valence-electron chi connectivity index (χ2n) is 10.1. The van der Waals surface area contributed by atoms with Gasteiger partial charge in [0.25, 0.3) is 5.91 Å². The van der Waals surface area contributed by atoms with Gasteiger partial charge in [-0.2, -0.15) is 5.10 Å². The molecule has 0 atom stereocenters. The molecule has 1 aromatic carbocycles. The molecule has 4 aromatic heterocycles. The fraction of sp³-hybridized carbons (Fsp3) is 0.321. The fourth-order valence-electron chi connectivity index (χ4n) is 4.74. The van der Waals surface area contributed by atoms with E-state index in [9.17, 15) is 4.79 Å². The second kappa shape index (κ2) is 9.65. The van der Waals surface area contributed by atoms with Gasteiger partial charge in [0.05, 0.1) is 17.3 Å². The first-order valence-electron chi connectivity index (χ1n) is 12.5. The average molecular weight is 497 g/mol. The highest BCUT2D eigenvalue weighted by Crippen LogP contribution is 2.34. The van der Waals surface area contributed by atoms with Crippen LogP contribution in [0.5, 0.6) is 0 Å². The number of anilines is 1.